The Morgan fingerprint density at radius 1 is 1.33 bits per heavy atom. The number of benzene rings is 1. The number of rotatable bonds is 0. The van der Waals surface area contributed by atoms with Crippen molar-refractivity contribution >= 4 is 33.6 Å². The summed E-state index contributed by atoms with van der Waals surface area (Å²) in [7, 11) is 0. The monoisotopic (exact) mass is 136 g/mol. The molecule has 9 heavy (non-hydrogen) atoms. The molecule has 0 fully saturated rings. The van der Waals surface area contributed by atoms with Crippen LogP contribution in [0.5, 0.6) is 0 Å². The number of hydrogen-bond donors (Lipinski definition) is 0. The van der Waals surface area contributed by atoms with Crippen LogP contribution >= 0.6 is 11.6 Å². The minimum absolute atomic E-state index is 0.278. The molecule has 0 aliphatic heterocycles. The van der Waals surface area contributed by atoms with E-state index in [0.29, 0.717) is 5.02 Å². The van der Waals surface area contributed by atoms with Gasteiger partial charge < -0.3 is 0 Å². The third-order valence-corrected chi connectivity index (χ3v) is 1.23. The molecule has 0 heterocycles. The molecule has 0 N–H and O–H groups in total. The Hall–Kier alpha value is 0.0374. The van der Waals surface area contributed by atoms with Crippen LogP contribution in [-0.4, -0.2) is 17.7 Å². The maximum absolute atomic E-state index is 12.3. The van der Waals surface area contributed by atoms with Crippen LogP contribution in [0, 0.1) is 5.82 Å². The summed E-state index contributed by atoms with van der Waals surface area (Å²) in [5, 5.41) is 0.451. The second-order valence-electron chi connectivity index (χ2n) is 1.95. The van der Waals surface area contributed by atoms with E-state index in [-0.39, 0.29) is 5.82 Å². The Bertz CT molecular complexity index is 174. The third-order valence-electron chi connectivity index (χ3n) is 1.01. The van der Waals surface area contributed by atoms with Gasteiger partial charge in [0, 0.05) is 0 Å². The second-order valence-corrected chi connectivity index (χ2v) is 2.38. The first-order valence-corrected chi connectivity index (χ1v) is 2.99. The summed E-state index contributed by atoms with van der Waals surface area (Å²) in [5.74, 6) is -0.278. The quantitative estimate of drug-likeness (QED) is 0.471. The Balaban J connectivity index is 3.17. The Kier molecular flexibility index (Phi) is 2.18. The molecule has 0 saturated carbocycles. The fourth-order valence-corrected chi connectivity index (χ4v) is 0.968. The number of hydrogen-bond acceptors (Lipinski definition) is 0. The summed E-state index contributed by atoms with van der Waals surface area (Å²) in [6.45, 7) is 0. The van der Waals surface area contributed by atoms with Crippen LogP contribution in [0.3, 0.4) is 0 Å². The molecule has 0 aliphatic carbocycles. The van der Waals surface area contributed by atoms with E-state index >= 15 is 0 Å². The van der Waals surface area contributed by atoms with Gasteiger partial charge in [0.25, 0.3) is 0 Å². The fourth-order valence-electron chi connectivity index (χ4n) is 0.692. The van der Waals surface area contributed by atoms with Crippen molar-refractivity contribution in [1.82, 2.24) is 0 Å². The molecule has 0 spiro atoms. The first-order chi connectivity index (χ1) is 4.18. The summed E-state index contributed by atoms with van der Waals surface area (Å²) in [6.07, 6.45) is 0. The van der Waals surface area contributed by atoms with Gasteiger partial charge in [0.1, 0.15) is 0 Å². The van der Waals surface area contributed by atoms with E-state index in [9.17, 15) is 4.39 Å². The van der Waals surface area contributed by atoms with Crippen LogP contribution in [-0.2, 0) is 0 Å². The van der Waals surface area contributed by atoms with E-state index in [0.717, 1.165) is 4.24 Å². The van der Waals surface area contributed by atoms with Crippen molar-refractivity contribution in [1.29, 1.82) is 0 Å². The molecular formula is C6H3ClFLi. The van der Waals surface area contributed by atoms with Crippen molar-refractivity contribution in [3.8, 4) is 0 Å². The van der Waals surface area contributed by atoms with Crippen molar-refractivity contribution in [3.05, 3.63) is 29.0 Å². The van der Waals surface area contributed by atoms with Gasteiger partial charge in [-0.1, -0.05) is 0 Å². The molecule has 0 aromatic heterocycles. The molecule has 42 valence electrons. The van der Waals surface area contributed by atoms with Gasteiger partial charge in [0.2, 0.25) is 0 Å². The van der Waals surface area contributed by atoms with E-state index in [1.807, 2.05) is 0 Å². The SMILES string of the molecule is [Li][c]1cc(F)cc(Cl)c1. The zero-order valence-corrected chi connectivity index (χ0v) is 5.74. The van der Waals surface area contributed by atoms with Crippen molar-refractivity contribution < 1.29 is 4.39 Å². The molecule has 3 heteroatoms. The van der Waals surface area contributed by atoms with E-state index in [4.69, 9.17) is 11.6 Å². The predicted octanol–water partition coefficient (Wildman–Crippen LogP) is 1.27. The van der Waals surface area contributed by atoms with Crippen LogP contribution in [0.4, 0.5) is 4.39 Å². The molecular weight excluding hydrogens is 133 g/mol. The van der Waals surface area contributed by atoms with Crippen molar-refractivity contribution in [2.45, 2.75) is 0 Å². The zero-order chi connectivity index (χ0) is 6.85. The molecule has 0 aliphatic rings. The molecule has 0 amide bonds. The maximum atomic E-state index is 12.3. The van der Waals surface area contributed by atoms with E-state index < -0.39 is 0 Å². The van der Waals surface area contributed by atoms with Gasteiger partial charge in [-0.15, -0.1) is 0 Å². The molecule has 1 aromatic carbocycles. The summed E-state index contributed by atoms with van der Waals surface area (Å²) >= 11 is 7.31. The molecule has 0 unspecified atom stereocenters. The summed E-state index contributed by atoms with van der Waals surface area (Å²) in [5.41, 5.74) is 0. The molecule has 0 saturated heterocycles. The molecule has 0 atom stereocenters. The van der Waals surface area contributed by atoms with Gasteiger partial charge >= 0.3 is 67.0 Å². The minimum atomic E-state index is -0.278. The topological polar surface area (TPSA) is 0 Å². The Labute approximate surface area is 67.2 Å². The molecule has 1 aromatic rings. The van der Waals surface area contributed by atoms with Crippen LogP contribution in [0.2, 0.25) is 5.02 Å². The molecule has 0 radical (unpaired) electrons. The molecule has 1 rings (SSSR count). The van der Waals surface area contributed by atoms with Crippen LogP contribution < -0.4 is 4.24 Å². The fraction of sp³-hybridized carbons (Fsp3) is 0. The second kappa shape index (κ2) is 2.75. The van der Waals surface area contributed by atoms with Gasteiger partial charge in [-0.3, -0.25) is 0 Å². The van der Waals surface area contributed by atoms with Gasteiger partial charge in [-0.2, -0.15) is 0 Å². The van der Waals surface area contributed by atoms with Gasteiger partial charge in [-0.25, -0.2) is 0 Å². The predicted molar refractivity (Wildman–Crippen MR) is 36.8 cm³/mol. The summed E-state index contributed by atoms with van der Waals surface area (Å²) in [4.78, 5) is 0. The van der Waals surface area contributed by atoms with Crippen molar-refractivity contribution in [2.75, 3.05) is 0 Å². The third kappa shape index (κ3) is 2.02. The average Bonchev–Trinajstić information content (AvgIpc) is 1.59. The Morgan fingerprint density at radius 3 is 2.44 bits per heavy atom. The van der Waals surface area contributed by atoms with Gasteiger partial charge in [-0.05, 0) is 0 Å². The standard InChI is InChI=1S/C6H3ClF.Li/c7-5-2-1-3-6(8)4-5;/h2-4H;. The van der Waals surface area contributed by atoms with Crippen LogP contribution in [0.1, 0.15) is 0 Å². The first kappa shape index (κ1) is 7.15. The van der Waals surface area contributed by atoms with E-state index in [1.165, 1.54) is 12.1 Å². The molecule has 0 nitrogen and oxygen atoms in total. The van der Waals surface area contributed by atoms with Crippen molar-refractivity contribution in [2.24, 2.45) is 0 Å². The van der Waals surface area contributed by atoms with Crippen molar-refractivity contribution in [3.63, 3.8) is 0 Å². The van der Waals surface area contributed by atoms with Gasteiger partial charge in [0.05, 0.1) is 0 Å². The van der Waals surface area contributed by atoms with Gasteiger partial charge in [0.15, 0.2) is 0 Å². The summed E-state index contributed by atoms with van der Waals surface area (Å²) < 4.78 is 13.2. The normalized spacial score (nSPS) is 9.78. The zero-order valence-electron chi connectivity index (χ0n) is 4.99. The number of halogens is 2. The van der Waals surface area contributed by atoms with Crippen LogP contribution in [0.25, 0.3) is 0 Å². The van der Waals surface area contributed by atoms with E-state index in [2.05, 4.69) is 0 Å². The Morgan fingerprint density at radius 2 is 2.00 bits per heavy atom. The molecule has 0 bridgehead atoms. The van der Waals surface area contributed by atoms with Crippen LogP contribution in [0.15, 0.2) is 18.2 Å². The van der Waals surface area contributed by atoms with E-state index in [1.54, 1.807) is 23.8 Å². The first-order valence-electron chi connectivity index (χ1n) is 2.61. The summed E-state index contributed by atoms with van der Waals surface area (Å²) in [6, 6.07) is 4.44. The average molecular weight is 136 g/mol.